The molecule has 2 rings (SSSR count). The van der Waals surface area contributed by atoms with E-state index in [0.29, 0.717) is 17.1 Å². The third-order valence-electron chi connectivity index (χ3n) is 3.13. The van der Waals surface area contributed by atoms with E-state index in [-0.39, 0.29) is 18.5 Å². The Labute approximate surface area is 111 Å². The summed E-state index contributed by atoms with van der Waals surface area (Å²) in [5.74, 6) is -0.363. The SMILES string of the molecule is OCC(NCC1CCCO1)c1cc(Cl)ccc1F. The van der Waals surface area contributed by atoms with Gasteiger partial charge in [0.15, 0.2) is 0 Å². The number of ether oxygens (including phenoxy) is 1. The normalized spacial score (nSPS) is 21.2. The van der Waals surface area contributed by atoms with Gasteiger partial charge in [-0.1, -0.05) is 11.6 Å². The summed E-state index contributed by atoms with van der Waals surface area (Å²) in [5.41, 5.74) is 0.392. The molecular weight excluding hydrogens is 257 g/mol. The summed E-state index contributed by atoms with van der Waals surface area (Å²) in [4.78, 5) is 0. The molecule has 3 nitrogen and oxygen atoms in total. The van der Waals surface area contributed by atoms with Crippen LogP contribution >= 0.6 is 11.6 Å². The molecule has 0 aromatic heterocycles. The van der Waals surface area contributed by atoms with Crippen LogP contribution in [-0.2, 0) is 4.74 Å². The van der Waals surface area contributed by atoms with Crippen molar-refractivity contribution in [2.45, 2.75) is 25.0 Å². The Hall–Kier alpha value is -0.680. The number of aliphatic hydroxyl groups excluding tert-OH is 1. The Morgan fingerprint density at radius 1 is 1.56 bits per heavy atom. The van der Waals surface area contributed by atoms with Gasteiger partial charge in [-0.25, -0.2) is 4.39 Å². The third kappa shape index (κ3) is 3.42. The van der Waals surface area contributed by atoms with E-state index in [1.165, 1.54) is 12.1 Å². The molecule has 18 heavy (non-hydrogen) atoms. The molecule has 2 atom stereocenters. The van der Waals surface area contributed by atoms with Crippen molar-refractivity contribution in [1.29, 1.82) is 0 Å². The molecule has 0 spiro atoms. The van der Waals surface area contributed by atoms with Gasteiger partial charge < -0.3 is 15.2 Å². The zero-order valence-electron chi connectivity index (χ0n) is 10.0. The average Bonchev–Trinajstić information content (AvgIpc) is 2.87. The highest BCUT2D eigenvalue weighted by Crippen LogP contribution is 2.22. The first-order valence-electron chi connectivity index (χ1n) is 6.11. The second-order valence-corrected chi connectivity index (χ2v) is 4.88. The van der Waals surface area contributed by atoms with E-state index < -0.39 is 6.04 Å². The predicted octanol–water partition coefficient (Wildman–Crippen LogP) is 2.28. The lowest BCUT2D eigenvalue weighted by molar-refractivity contribution is 0.103. The van der Waals surface area contributed by atoms with Crippen LogP contribution in [0.1, 0.15) is 24.4 Å². The highest BCUT2D eigenvalue weighted by molar-refractivity contribution is 6.30. The van der Waals surface area contributed by atoms with E-state index in [4.69, 9.17) is 16.3 Å². The van der Waals surface area contributed by atoms with Crippen molar-refractivity contribution in [3.05, 3.63) is 34.6 Å². The number of benzene rings is 1. The van der Waals surface area contributed by atoms with Gasteiger partial charge in [0.25, 0.3) is 0 Å². The van der Waals surface area contributed by atoms with Crippen LogP contribution in [0.4, 0.5) is 4.39 Å². The van der Waals surface area contributed by atoms with Crippen LogP contribution < -0.4 is 5.32 Å². The van der Waals surface area contributed by atoms with Crippen molar-refractivity contribution in [1.82, 2.24) is 5.32 Å². The molecule has 0 radical (unpaired) electrons. The van der Waals surface area contributed by atoms with Gasteiger partial charge in [-0.15, -0.1) is 0 Å². The van der Waals surface area contributed by atoms with Gasteiger partial charge in [0.05, 0.1) is 18.8 Å². The fourth-order valence-corrected chi connectivity index (χ4v) is 2.31. The molecule has 1 saturated heterocycles. The number of aliphatic hydroxyl groups is 1. The molecule has 1 aliphatic rings. The van der Waals surface area contributed by atoms with Crippen molar-refractivity contribution >= 4 is 11.6 Å². The summed E-state index contributed by atoms with van der Waals surface area (Å²) in [6, 6.07) is 3.90. The van der Waals surface area contributed by atoms with Gasteiger partial charge in [0, 0.05) is 23.7 Å². The molecule has 0 saturated carbocycles. The smallest absolute Gasteiger partial charge is 0.128 e. The predicted molar refractivity (Wildman–Crippen MR) is 68.2 cm³/mol. The monoisotopic (exact) mass is 273 g/mol. The molecule has 5 heteroatoms. The summed E-state index contributed by atoms with van der Waals surface area (Å²) in [6.45, 7) is 1.21. The van der Waals surface area contributed by atoms with Crippen LogP contribution in [0.15, 0.2) is 18.2 Å². The van der Waals surface area contributed by atoms with Crippen LogP contribution in [0.5, 0.6) is 0 Å². The van der Waals surface area contributed by atoms with E-state index >= 15 is 0 Å². The molecule has 1 aromatic rings. The Bertz CT molecular complexity index is 397. The molecule has 1 heterocycles. The maximum absolute atomic E-state index is 13.7. The van der Waals surface area contributed by atoms with Crippen molar-refractivity contribution in [2.24, 2.45) is 0 Å². The molecule has 1 fully saturated rings. The van der Waals surface area contributed by atoms with Crippen LogP contribution in [-0.4, -0.2) is 31.0 Å². The lowest BCUT2D eigenvalue weighted by Gasteiger charge is -2.20. The van der Waals surface area contributed by atoms with Crippen LogP contribution in [0.25, 0.3) is 0 Å². The Morgan fingerprint density at radius 3 is 3.06 bits per heavy atom. The Balaban J connectivity index is 2.00. The topological polar surface area (TPSA) is 41.5 Å². The number of rotatable bonds is 5. The van der Waals surface area contributed by atoms with Crippen LogP contribution in [0.2, 0.25) is 5.02 Å². The molecular formula is C13H17ClFNO2. The fraction of sp³-hybridized carbons (Fsp3) is 0.538. The lowest BCUT2D eigenvalue weighted by Crippen LogP contribution is -2.32. The van der Waals surface area contributed by atoms with Crippen molar-refractivity contribution < 1.29 is 14.2 Å². The minimum Gasteiger partial charge on any atom is -0.394 e. The molecule has 0 aliphatic carbocycles. The van der Waals surface area contributed by atoms with Crippen LogP contribution in [0.3, 0.4) is 0 Å². The quantitative estimate of drug-likeness (QED) is 0.865. The van der Waals surface area contributed by atoms with Crippen molar-refractivity contribution in [3.8, 4) is 0 Å². The van der Waals surface area contributed by atoms with Crippen LogP contribution in [0, 0.1) is 5.82 Å². The first-order chi connectivity index (χ1) is 8.70. The average molecular weight is 274 g/mol. The highest BCUT2D eigenvalue weighted by Gasteiger charge is 2.19. The van der Waals surface area contributed by atoms with E-state index in [0.717, 1.165) is 19.4 Å². The van der Waals surface area contributed by atoms with Crippen molar-refractivity contribution in [2.75, 3.05) is 19.8 Å². The Morgan fingerprint density at radius 2 is 2.39 bits per heavy atom. The first kappa shape index (κ1) is 13.7. The molecule has 2 unspecified atom stereocenters. The van der Waals surface area contributed by atoms with Gasteiger partial charge in [-0.2, -0.15) is 0 Å². The number of hydrogen-bond donors (Lipinski definition) is 2. The lowest BCUT2D eigenvalue weighted by atomic mass is 10.1. The second kappa shape index (κ2) is 6.48. The molecule has 0 bridgehead atoms. The molecule has 100 valence electrons. The minimum absolute atomic E-state index is 0.154. The Kier molecular flexibility index (Phi) is 4.95. The largest absolute Gasteiger partial charge is 0.394 e. The number of halogens is 2. The van der Waals surface area contributed by atoms with Gasteiger partial charge >= 0.3 is 0 Å². The van der Waals surface area contributed by atoms with Gasteiger partial charge in [-0.05, 0) is 31.0 Å². The van der Waals surface area contributed by atoms with E-state index in [9.17, 15) is 9.50 Å². The molecule has 1 aliphatic heterocycles. The first-order valence-corrected chi connectivity index (χ1v) is 6.49. The summed E-state index contributed by atoms with van der Waals surface area (Å²) >= 11 is 5.84. The number of hydrogen-bond acceptors (Lipinski definition) is 3. The maximum Gasteiger partial charge on any atom is 0.128 e. The summed E-state index contributed by atoms with van der Waals surface area (Å²) in [7, 11) is 0. The van der Waals surface area contributed by atoms with Gasteiger partial charge in [0.2, 0.25) is 0 Å². The summed E-state index contributed by atoms with van der Waals surface area (Å²) in [5, 5.41) is 12.9. The molecule has 1 aromatic carbocycles. The molecule has 2 N–H and O–H groups in total. The summed E-state index contributed by atoms with van der Waals surface area (Å²) < 4.78 is 19.1. The molecule has 0 amide bonds. The van der Waals surface area contributed by atoms with E-state index in [1.54, 1.807) is 6.07 Å². The summed E-state index contributed by atoms with van der Waals surface area (Å²) in [6.07, 6.45) is 2.21. The fourth-order valence-electron chi connectivity index (χ4n) is 2.13. The third-order valence-corrected chi connectivity index (χ3v) is 3.37. The zero-order valence-corrected chi connectivity index (χ0v) is 10.8. The standard InChI is InChI=1S/C13H17ClFNO2/c14-9-3-4-12(15)11(6-9)13(8-17)16-7-10-2-1-5-18-10/h3-4,6,10,13,16-17H,1-2,5,7-8H2. The van der Waals surface area contributed by atoms with Gasteiger partial charge in [0.1, 0.15) is 5.82 Å². The van der Waals surface area contributed by atoms with Crippen molar-refractivity contribution in [3.63, 3.8) is 0 Å². The minimum atomic E-state index is -0.451. The maximum atomic E-state index is 13.7. The number of nitrogens with one attached hydrogen (secondary N) is 1. The highest BCUT2D eigenvalue weighted by atomic mass is 35.5. The van der Waals surface area contributed by atoms with Gasteiger partial charge in [-0.3, -0.25) is 0 Å². The zero-order chi connectivity index (χ0) is 13.0. The van der Waals surface area contributed by atoms with E-state index in [2.05, 4.69) is 5.32 Å². The van der Waals surface area contributed by atoms with E-state index in [1.807, 2.05) is 0 Å². The second-order valence-electron chi connectivity index (χ2n) is 4.44.